The molecule has 0 saturated carbocycles. The standard InChI is InChI=1S/C15H10N6O2S/c16-5-8-6-22-14(23-8)9-3-1-2-4-10(9)24-15-20-11-12(17)18-7-19-13(11)21-15/h1-4,6-7,14H,(H3,17,18,19,20,21). The molecule has 0 radical (unpaired) electrons. The third kappa shape index (κ3) is 2.49. The smallest absolute Gasteiger partial charge is 0.269 e. The number of rotatable bonds is 3. The van der Waals surface area contributed by atoms with Crippen LogP contribution in [0.4, 0.5) is 5.82 Å². The van der Waals surface area contributed by atoms with Gasteiger partial charge in [0.1, 0.15) is 24.2 Å². The van der Waals surface area contributed by atoms with Gasteiger partial charge in [0.2, 0.25) is 5.76 Å². The molecule has 24 heavy (non-hydrogen) atoms. The summed E-state index contributed by atoms with van der Waals surface area (Å²) in [7, 11) is 0. The maximum absolute atomic E-state index is 8.87. The number of anilines is 1. The molecule has 0 amide bonds. The average molecular weight is 338 g/mol. The van der Waals surface area contributed by atoms with Crippen LogP contribution in [0.5, 0.6) is 0 Å². The number of imidazole rings is 1. The van der Waals surface area contributed by atoms with Gasteiger partial charge in [0.05, 0.1) is 0 Å². The first-order valence-corrected chi connectivity index (χ1v) is 7.71. The van der Waals surface area contributed by atoms with Crippen molar-refractivity contribution >= 4 is 28.7 Å². The van der Waals surface area contributed by atoms with E-state index in [1.807, 2.05) is 30.3 Å². The summed E-state index contributed by atoms with van der Waals surface area (Å²) in [4.78, 5) is 16.4. The maximum Gasteiger partial charge on any atom is 0.269 e. The Balaban J connectivity index is 1.65. The summed E-state index contributed by atoms with van der Waals surface area (Å²) in [6, 6.07) is 9.48. The number of fused-ring (bicyclic) bond motifs is 1. The molecule has 3 N–H and O–H groups in total. The van der Waals surface area contributed by atoms with Crippen molar-refractivity contribution in [3.05, 3.63) is 48.2 Å². The second-order valence-corrected chi connectivity index (χ2v) is 5.85. The van der Waals surface area contributed by atoms with Crippen molar-refractivity contribution in [2.45, 2.75) is 16.3 Å². The minimum Gasteiger partial charge on any atom is -0.454 e. The molecule has 0 spiro atoms. The highest BCUT2D eigenvalue weighted by molar-refractivity contribution is 7.99. The number of nitrogens with zero attached hydrogens (tertiary/aromatic N) is 4. The van der Waals surface area contributed by atoms with Crippen LogP contribution in [0.1, 0.15) is 11.9 Å². The second-order valence-electron chi connectivity index (χ2n) is 4.82. The normalized spacial score (nSPS) is 16.3. The van der Waals surface area contributed by atoms with Gasteiger partial charge in [0.15, 0.2) is 16.6 Å². The quantitative estimate of drug-likeness (QED) is 0.746. The zero-order valence-corrected chi connectivity index (χ0v) is 12.9. The molecule has 1 aliphatic heterocycles. The van der Waals surface area contributed by atoms with E-state index >= 15 is 0 Å². The SMILES string of the molecule is N#CC1=COC(c2ccccc2Sc2nc3ncnc(N)c3[nH]2)O1. The van der Waals surface area contributed by atoms with Crippen molar-refractivity contribution in [1.82, 2.24) is 19.9 Å². The zero-order chi connectivity index (χ0) is 16.5. The second kappa shape index (κ2) is 5.75. The molecule has 0 bridgehead atoms. The van der Waals surface area contributed by atoms with Crippen LogP contribution in [0.3, 0.4) is 0 Å². The van der Waals surface area contributed by atoms with Gasteiger partial charge in [0, 0.05) is 10.5 Å². The Labute approximate surface area is 140 Å². The predicted octanol–water partition coefficient (Wildman–Crippen LogP) is 2.50. The average Bonchev–Trinajstić information content (AvgIpc) is 3.22. The summed E-state index contributed by atoms with van der Waals surface area (Å²) in [5.41, 5.74) is 7.71. The summed E-state index contributed by atoms with van der Waals surface area (Å²) in [6.07, 6.45) is 2.03. The van der Waals surface area contributed by atoms with E-state index in [4.69, 9.17) is 20.5 Å². The van der Waals surface area contributed by atoms with Gasteiger partial charge in [-0.25, -0.2) is 15.0 Å². The van der Waals surface area contributed by atoms with E-state index in [1.54, 1.807) is 0 Å². The number of H-pyrrole nitrogens is 1. The number of nitrogen functional groups attached to an aromatic ring is 1. The lowest BCUT2D eigenvalue weighted by molar-refractivity contribution is -0.0321. The van der Waals surface area contributed by atoms with Gasteiger partial charge in [-0.05, 0) is 6.07 Å². The number of aromatic nitrogens is 4. The Kier molecular flexibility index (Phi) is 3.44. The first-order valence-electron chi connectivity index (χ1n) is 6.90. The predicted molar refractivity (Wildman–Crippen MR) is 85.3 cm³/mol. The topological polar surface area (TPSA) is 123 Å². The molecule has 3 heterocycles. The van der Waals surface area contributed by atoms with Gasteiger partial charge in [-0.1, -0.05) is 30.0 Å². The fraction of sp³-hybridized carbons (Fsp3) is 0.0667. The number of nitriles is 1. The molecule has 2 aromatic heterocycles. The van der Waals surface area contributed by atoms with Crippen molar-refractivity contribution in [2.75, 3.05) is 5.73 Å². The van der Waals surface area contributed by atoms with Crippen molar-refractivity contribution in [3.63, 3.8) is 0 Å². The number of nitrogens with two attached hydrogens (primary N) is 1. The molecule has 118 valence electrons. The number of hydrogen-bond acceptors (Lipinski definition) is 8. The number of nitrogens with one attached hydrogen (secondary N) is 1. The molecule has 9 heteroatoms. The fourth-order valence-corrected chi connectivity index (χ4v) is 3.15. The van der Waals surface area contributed by atoms with E-state index in [0.717, 1.165) is 10.5 Å². The van der Waals surface area contributed by atoms with Crippen LogP contribution in [-0.4, -0.2) is 19.9 Å². The van der Waals surface area contributed by atoms with Crippen LogP contribution in [-0.2, 0) is 9.47 Å². The Morgan fingerprint density at radius 1 is 1.29 bits per heavy atom. The van der Waals surface area contributed by atoms with Crippen LogP contribution in [0, 0.1) is 11.3 Å². The molecule has 0 saturated heterocycles. The molecule has 1 unspecified atom stereocenters. The Morgan fingerprint density at radius 2 is 2.17 bits per heavy atom. The highest BCUT2D eigenvalue weighted by Gasteiger charge is 2.24. The summed E-state index contributed by atoms with van der Waals surface area (Å²) < 4.78 is 10.9. The molecule has 0 fully saturated rings. The van der Waals surface area contributed by atoms with E-state index in [0.29, 0.717) is 22.1 Å². The number of aromatic amines is 1. The van der Waals surface area contributed by atoms with E-state index in [2.05, 4.69) is 19.9 Å². The number of hydrogen-bond donors (Lipinski definition) is 2. The van der Waals surface area contributed by atoms with Gasteiger partial charge in [-0.15, -0.1) is 0 Å². The lowest BCUT2D eigenvalue weighted by atomic mass is 10.2. The van der Waals surface area contributed by atoms with E-state index in [-0.39, 0.29) is 5.76 Å². The van der Waals surface area contributed by atoms with Gasteiger partial charge < -0.3 is 20.2 Å². The van der Waals surface area contributed by atoms with Gasteiger partial charge in [-0.3, -0.25) is 0 Å². The lowest BCUT2D eigenvalue weighted by Gasteiger charge is -2.14. The van der Waals surface area contributed by atoms with Crippen LogP contribution in [0.25, 0.3) is 11.2 Å². The molecular weight excluding hydrogens is 328 g/mol. The van der Waals surface area contributed by atoms with Crippen LogP contribution in [0.15, 0.2) is 52.7 Å². The summed E-state index contributed by atoms with van der Waals surface area (Å²) in [5.74, 6) is 0.490. The summed E-state index contributed by atoms with van der Waals surface area (Å²) >= 11 is 1.39. The fourth-order valence-electron chi connectivity index (χ4n) is 2.23. The van der Waals surface area contributed by atoms with Crippen molar-refractivity contribution in [1.29, 1.82) is 5.26 Å². The monoisotopic (exact) mass is 338 g/mol. The Morgan fingerprint density at radius 3 is 2.96 bits per heavy atom. The van der Waals surface area contributed by atoms with Gasteiger partial charge in [0.25, 0.3) is 6.29 Å². The molecule has 1 aliphatic rings. The van der Waals surface area contributed by atoms with Crippen molar-refractivity contribution in [2.24, 2.45) is 0 Å². The Hall–Kier alpha value is -3.25. The first-order chi connectivity index (χ1) is 11.7. The molecule has 4 rings (SSSR count). The minimum atomic E-state index is -0.655. The van der Waals surface area contributed by atoms with E-state index in [9.17, 15) is 0 Å². The number of allylic oxidation sites excluding steroid dienone is 1. The van der Waals surface area contributed by atoms with E-state index in [1.165, 1.54) is 24.4 Å². The summed E-state index contributed by atoms with van der Waals surface area (Å²) in [5, 5.41) is 9.50. The third-order valence-electron chi connectivity index (χ3n) is 3.32. The van der Waals surface area contributed by atoms with Crippen LogP contribution < -0.4 is 5.73 Å². The lowest BCUT2D eigenvalue weighted by Crippen LogP contribution is -2.00. The first kappa shape index (κ1) is 14.3. The highest BCUT2D eigenvalue weighted by atomic mass is 32.2. The Bertz CT molecular complexity index is 993. The molecule has 1 aromatic carbocycles. The molecule has 3 aromatic rings. The van der Waals surface area contributed by atoms with Crippen LogP contribution in [0.2, 0.25) is 0 Å². The van der Waals surface area contributed by atoms with Crippen molar-refractivity contribution < 1.29 is 9.47 Å². The summed E-state index contributed by atoms with van der Waals surface area (Å²) in [6.45, 7) is 0. The van der Waals surface area contributed by atoms with Gasteiger partial charge in [-0.2, -0.15) is 5.26 Å². The van der Waals surface area contributed by atoms with E-state index < -0.39 is 6.29 Å². The van der Waals surface area contributed by atoms with Crippen molar-refractivity contribution in [3.8, 4) is 6.07 Å². The number of ether oxygens (including phenoxy) is 2. The maximum atomic E-state index is 8.87. The molecule has 1 atom stereocenters. The molecule has 0 aliphatic carbocycles. The molecule has 8 nitrogen and oxygen atoms in total. The molecular formula is C15H10N6O2S. The van der Waals surface area contributed by atoms with Crippen LogP contribution >= 0.6 is 11.8 Å². The number of benzene rings is 1. The highest BCUT2D eigenvalue weighted by Crippen LogP contribution is 2.37. The minimum absolute atomic E-state index is 0.145. The largest absolute Gasteiger partial charge is 0.454 e. The third-order valence-corrected chi connectivity index (χ3v) is 4.30. The zero-order valence-electron chi connectivity index (χ0n) is 12.1. The van der Waals surface area contributed by atoms with Gasteiger partial charge >= 0.3 is 0 Å².